The van der Waals surface area contributed by atoms with E-state index in [4.69, 9.17) is 0 Å². The topological polar surface area (TPSA) is 47.0 Å². The van der Waals surface area contributed by atoms with Gasteiger partial charge in [0.05, 0.1) is 0 Å². The van der Waals surface area contributed by atoms with Gasteiger partial charge in [-0.1, -0.05) is 18.9 Å². The lowest BCUT2D eigenvalue weighted by atomic mass is 9.94. The molecule has 0 radical (unpaired) electrons. The maximum atomic E-state index is 4.62. The Morgan fingerprint density at radius 1 is 1.11 bits per heavy atom. The molecule has 7 heteroatoms. The first-order chi connectivity index (χ1) is 13.8. The van der Waals surface area contributed by atoms with E-state index in [9.17, 15) is 0 Å². The highest BCUT2D eigenvalue weighted by Gasteiger charge is 2.40. The number of piperazine rings is 1. The van der Waals surface area contributed by atoms with Crippen molar-refractivity contribution < 1.29 is 0 Å². The van der Waals surface area contributed by atoms with E-state index in [2.05, 4.69) is 53.9 Å². The summed E-state index contributed by atoms with van der Waals surface area (Å²) in [6.45, 7) is 7.48. The van der Waals surface area contributed by atoms with E-state index in [1.54, 1.807) is 0 Å². The summed E-state index contributed by atoms with van der Waals surface area (Å²) in [6.07, 6.45) is 7.27. The van der Waals surface area contributed by atoms with Crippen molar-refractivity contribution in [3.8, 4) is 0 Å². The Labute approximate surface area is 173 Å². The molecule has 1 aromatic rings. The third-order valence-corrected chi connectivity index (χ3v) is 7.50. The molecule has 28 heavy (non-hydrogen) atoms. The lowest BCUT2D eigenvalue weighted by molar-refractivity contribution is 0.106. The monoisotopic (exact) mass is 402 g/mol. The highest BCUT2D eigenvalue weighted by Crippen LogP contribution is 2.36. The van der Waals surface area contributed by atoms with E-state index in [0.717, 1.165) is 44.5 Å². The van der Waals surface area contributed by atoms with Gasteiger partial charge < -0.3 is 15.1 Å². The van der Waals surface area contributed by atoms with Crippen molar-refractivity contribution in [2.24, 2.45) is 4.99 Å². The van der Waals surface area contributed by atoms with Crippen LogP contribution >= 0.6 is 11.8 Å². The number of anilines is 1. The Hall–Kier alpha value is -1.47. The molecular formula is C21H34N6S. The minimum absolute atomic E-state index is 0.340. The molecule has 0 bridgehead atoms. The second-order valence-electron chi connectivity index (χ2n) is 8.09. The molecule has 3 aliphatic rings. The molecule has 154 valence electrons. The summed E-state index contributed by atoms with van der Waals surface area (Å²) in [6, 6.07) is 6.14. The summed E-state index contributed by atoms with van der Waals surface area (Å²) >= 11 is 2.10. The number of nitrogens with zero attached hydrogens (tertiary/aromatic N) is 5. The van der Waals surface area contributed by atoms with Crippen LogP contribution in [0.5, 0.6) is 0 Å². The molecule has 0 atom stereocenters. The molecule has 0 aromatic carbocycles. The number of nitrogens with one attached hydrogen (secondary N) is 1. The lowest BCUT2D eigenvalue weighted by Gasteiger charge is -2.44. The summed E-state index contributed by atoms with van der Waals surface area (Å²) in [4.78, 5) is 16.7. The quantitative estimate of drug-likeness (QED) is 0.615. The zero-order valence-electron chi connectivity index (χ0n) is 17.1. The molecule has 6 nitrogen and oxygen atoms in total. The normalized spacial score (nSPS) is 23.8. The van der Waals surface area contributed by atoms with Gasteiger partial charge in [0, 0.05) is 76.1 Å². The molecule has 2 aliphatic heterocycles. The maximum absolute atomic E-state index is 4.62. The van der Waals surface area contributed by atoms with E-state index in [0.29, 0.717) is 5.54 Å². The van der Waals surface area contributed by atoms with Crippen molar-refractivity contribution in [3.05, 3.63) is 24.4 Å². The molecule has 0 unspecified atom stereocenters. The average Bonchev–Trinajstić information content (AvgIpc) is 3.26. The van der Waals surface area contributed by atoms with Crippen LogP contribution in [-0.4, -0.2) is 90.6 Å². The molecule has 3 heterocycles. The highest BCUT2D eigenvalue weighted by atomic mass is 32.2. The van der Waals surface area contributed by atoms with Crippen LogP contribution in [0.3, 0.4) is 0 Å². The van der Waals surface area contributed by atoms with Crippen LogP contribution in [0, 0.1) is 0 Å². The fourth-order valence-electron chi connectivity index (χ4n) is 4.94. The predicted molar refractivity (Wildman–Crippen MR) is 119 cm³/mol. The van der Waals surface area contributed by atoms with E-state index in [1.807, 2.05) is 19.3 Å². The Kier molecular flexibility index (Phi) is 6.62. The van der Waals surface area contributed by atoms with Gasteiger partial charge in [-0.15, -0.1) is 0 Å². The van der Waals surface area contributed by atoms with Crippen LogP contribution < -0.4 is 10.2 Å². The smallest absolute Gasteiger partial charge is 0.193 e. The first-order valence-corrected chi connectivity index (χ1v) is 11.9. The van der Waals surface area contributed by atoms with E-state index in [-0.39, 0.29) is 0 Å². The molecule has 0 amide bonds. The van der Waals surface area contributed by atoms with E-state index in [1.165, 1.54) is 50.3 Å². The van der Waals surface area contributed by atoms with Crippen molar-refractivity contribution in [1.29, 1.82) is 0 Å². The highest BCUT2D eigenvalue weighted by molar-refractivity contribution is 7.99. The van der Waals surface area contributed by atoms with Gasteiger partial charge in [0.2, 0.25) is 0 Å². The Balaban J connectivity index is 1.33. The number of thioether (sulfide) groups is 1. The average molecular weight is 403 g/mol. The molecular weight excluding hydrogens is 368 g/mol. The van der Waals surface area contributed by atoms with Crippen LogP contribution in [0.1, 0.15) is 25.7 Å². The van der Waals surface area contributed by atoms with Gasteiger partial charge in [-0.3, -0.25) is 9.89 Å². The van der Waals surface area contributed by atoms with Gasteiger partial charge in [0.15, 0.2) is 5.96 Å². The summed E-state index contributed by atoms with van der Waals surface area (Å²) in [5.41, 5.74) is 0.340. The summed E-state index contributed by atoms with van der Waals surface area (Å²) in [5, 5.41) is 3.77. The van der Waals surface area contributed by atoms with Crippen LogP contribution in [0.4, 0.5) is 5.82 Å². The fraction of sp³-hybridized carbons (Fsp3) is 0.714. The van der Waals surface area contributed by atoms with Gasteiger partial charge in [-0.25, -0.2) is 4.98 Å². The molecule has 1 saturated carbocycles. The Morgan fingerprint density at radius 3 is 2.50 bits per heavy atom. The standard InChI is InChI=1S/C21H34N6S/c1-22-20(26-12-10-25(11-13-26)19-6-2-5-9-23-19)24-18-21(7-3-4-8-21)27-14-16-28-17-15-27/h2,5-6,9H,3-4,7-8,10-18H2,1H3,(H,22,24). The first kappa shape index (κ1) is 19.8. The second kappa shape index (κ2) is 9.35. The molecule has 1 N–H and O–H groups in total. The minimum Gasteiger partial charge on any atom is -0.354 e. The van der Waals surface area contributed by atoms with Gasteiger partial charge in [-0.2, -0.15) is 11.8 Å². The van der Waals surface area contributed by atoms with Gasteiger partial charge in [0.25, 0.3) is 0 Å². The zero-order chi connectivity index (χ0) is 19.2. The molecule has 1 aromatic heterocycles. The SMILES string of the molecule is CN=C(NCC1(N2CCSCC2)CCCC1)N1CCN(c2ccccn2)CC1. The molecule has 0 spiro atoms. The maximum Gasteiger partial charge on any atom is 0.193 e. The second-order valence-corrected chi connectivity index (χ2v) is 9.32. The van der Waals surface area contributed by atoms with Crippen LogP contribution in [0.15, 0.2) is 29.4 Å². The van der Waals surface area contributed by atoms with Crippen molar-refractivity contribution in [1.82, 2.24) is 20.1 Å². The predicted octanol–water partition coefficient (Wildman–Crippen LogP) is 2.14. The van der Waals surface area contributed by atoms with E-state index < -0.39 is 0 Å². The van der Waals surface area contributed by atoms with Crippen LogP contribution in [-0.2, 0) is 0 Å². The summed E-state index contributed by atoms with van der Waals surface area (Å²) < 4.78 is 0. The largest absolute Gasteiger partial charge is 0.354 e. The number of hydrogen-bond acceptors (Lipinski definition) is 5. The van der Waals surface area contributed by atoms with Gasteiger partial charge in [-0.05, 0) is 25.0 Å². The number of aromatic nitrogens is 1. The molecule has 2 saturated heterocycles. The van der Waals surface area contributed by atoms with Crippen molar-refractivity contribution in [2.75, 3.05) is 69.3 Å². The van der Waals surface area contributed by atoms with Crippen molar-refractivity contribution >= 4 is 23.5 Å². The van der Waals surface area contributed by atoms with Crippen LogP contribution in [0.2, 0.25) is 0 Å². The third-order valence-electron chi connectivity index (χ3n) is 6.56. The number of hydrogen-bond donors (Lipinski definition) is 1. The first-order valence-electron chi connectivity index (χ1n) is 10.8. The van der Waals surface area contributed by atoms with Gasteiger partial charge >= 0.3 is 0 Å². The third kappa shape index (κ3) is 4.40. The number of aliphatic imine (C=N–C) groups is 1. The zero-order valence-corrected chi connectivity index (χ0v) is 18.0. The summed E-state index contributed by atoms with van der Waals surface area (Å²) in [7, 11) is 1.92. The Bertz CT molecular complexity index is 632. The number of rotatable bonds is 4. The van der Waals surface area contributed by atoms with Crippen molar-refractivity contribution in [3.63, 3.8) is 0 Å². The lowest BCUT2D eigenvalue weighted by Crippen LogP contribution is -2.59. The molecule has 1 aliphatic carbocycles. The van der Waals surface area contributed by atoms with E-state index >= 15 is 0 Å². The van der Waals surface area contributed by atoms with Gasteiger partial charge in [0.1, 0.15) is 5.82 Å². The number of pyridine rings is 1. The fourth-order valence-corrected chi connectivity index (χ4v) is 5.84. The molecule has 3 fully saturated rings. The molecule has 4 rings (SSSR count). The number of guanidine groups is 1. The Morgan fingerprint density at radius 2 is 1.86 bits per heavy atom. The van der Waals surface area contributed by atoms with Crippen molar-refractivity contribution in [2.45, 2.75) is 31.2 Å². The minimum atomic E-state index is 0.340. The van der Waals surface area contributed by atoms with Crippen LogP contribution in [0.25, 0.3) is 0 Å². The summed E-state index contributed by atoms with van der Waals surface area (Å²) in [5.74, 6) is 4.72.